The number of azo groups is 2. The molecule has 0 saturated carbocycles. The molecule has 0 spiro atoms. The molecule has 0 aliphatic rings. The molecule has 0 amide bonds. The zero-order chi connectivity index (χ0) is 26.4. The van der Waals surface area contributed by atoms with Crippen molar-refractivity contribution in [2.24, 2.45) is 20.5 Å². The summed E-state index contributed by atoms with van der Waals surface area (Å²) in [6.07, 6.45) is 0. The predicted molar refractivity (Wildman–Crippen MR) is 142 cm³/mol. The number of phenols is 1. The second-order valence-electron chi connectivity index (χ2n) is 8.03. The number of aliphatic hydroxyl groups is 1. The Bertz CT molecular complexity index is 1490. The lowest BCUT2D eigenvalue weighted by atomic mass is 10.1. The van der Waals surface area contributed by atoms with Gasteiger partial charge in [0.1, 0.15) is 40.9 Å². The number of hydrogen-bond donors (Lipinski definition) is 3. The summed E-state index contributed by atoms with van der Waals surface area (Å²) in [5, 5.41) is 38.2. The Labute approximate surface area is 213 Å². The first-order valence-electron chi connectivity index (χ1n) is 11.4. The van der Waals surface area contributed by atoms with Crippen LogP contribution in [-0.2, 0) is 0 Å². The molecular formula is C27H27N5O5. The average Bonchev–Trinajstić information content (AvgIpc) is 2.91. The van der Waals surface area contributed by atoms with Crippen LogP contribution in [-0.4, -0.2) is 37.6 Å². The molecule has 4 N–H and O–H groups in total. The summed E-state index contributed by atoms with van der Waals surface area (Å²) >= 11 is 0. The van der Waals surface area contributed by atoms with Crippen molar-refractivity contribution in [3.05, 3.63) is 66.2 Å². The van der Waals surface area contributed by atoms with Crippen LogP contribution in [0.3, 0.4) is 0 Å². The molecule has 0 aromatic heterocycles. The first-order valence-corrected chi connectivity index (χ1v) is 11.4. The second-order valence-corrected chi connectivity index (χ2v) is 8.03. The highest BCUT2D eigenvalue weighted by Gasteiger charge is 2.11. The van der Waals surface area contributed by atoms with E-state index in [1.54, 1.807) is 54.6 Å². The van der Waals surface area contributed by atoms with Crippen LogP contribution in [0, 0.1) is 6.92 Å². The standard InChI is InChI=1S/C27H27N5O5/c1-16-12-24(32-30-22-8-4-17-13-18(28)5-7-20(17)27(22)34)26(36-3)15-23(16)31-29-21-9-6-19(37-11-10-33)14-25(21)35-2/h4-9,12-15,33-34H,10-11,28H2,1-3H3. The average molecular weight is 502 g/mol. The number of benzene rings is 4. The van der Waals surface area contributed by atoms with E-state index in [4.69, 9.17) is 25.1 Å². The van der Waals surface area contributed by atoms with Crippen LogP contribution in [0.25, 0.3) is 10.8 Å². The molecule has 0 atom stereocenters. The minimum absolute atomic E-state index is 0.0177. The number of fused-ring (bicyclic) bond motifs is 1. The number of hydrogen-bond acceptors (Lipinski definition) is 10. The van der Waals surface area contributed by atoms with Crippen LogP contribution in [0.2, 0.25) is 0 Å². The molecular weight excluding hydrogens is 474 g/mol. The van der Waals surface area contributed by atoms with E-state index in [2.05, 4.69) is 20.5 Å². The third-order valence-electron chi connectivity index (χ3n) is 5.53. The minimum Gasteiger partial charge on any atom is -0.505 e. The van der Waals surface area contributed by atoms with Crippen molar-refractivity contribution in [2.45, 2.75) is 6.92 Å². The highest BCUT2D eigenvalue weighted by atomic mass is 16.5. The molecule has 0 fully saturated rings. The van der Waals surface area contributed by atoms with Crippen molar-refractivity contribution in [3.63, 3.8) is 0 Å². The smallest absolute Gasteiger partial charge is 0.150 e. The molecule has 0 aliphatic heterocycles. The van der Waals surface area contributed by atoms with Gasteiger partial charge < -0.3 is 30.2 Å². The molecule has 4 aromatic rings. The Morgan fingerprint density at radius 3 is 2.19 bits per heavy atom. The summed E-state index contributed by atoms with van der Waals surface area (Å²) in [6.45, 7) is 1.97. The van der Waals surface area contributed by atoms with Gasteiger partial charge in [-0.25, -0.2) is 0 Å². The number of aliphatic hydroxyl groups excluding tert-OH is 1. The van der Waals surface area contributed by atoms with Gasteiger partial charge in [-0.05, 0) is 60.3 Å². The topological polar surface area (TPSA) is 144 Å². The summed E-state index contributed by atoms with van der Waals surface area (Å²) in [5.41, 5.74) is 9.10. The molecule has 4 aromatic carbocycles. The number of aromatic hydroxyl groups is 1. The molecule has 0 saturated heterocycles. The molecule has 190 valence electrons. The molecule has 37 heavy (non-hydrogen) atoms. The SMILES string of the molecule is COc1cc(OCCO)ccc1N=Nc1cc(OC)c(N=Nc2ccc3cc(N)ccc3c2O)cc1C. The molecule has 0 heterocycles. The maximum Gasteiger partial charge on any atom is 0.150 e. The third kappa shape index (κ3) is 5.76. The Morgan fingerprint density at radius 2 is 1.43 bits per heavy atom. The van der Waals surface area contributed by atoms with Crippen molar-refractivity contribution in [2.75, 3.05) is 33.2 Å². The molecule has 4 rings (SSSR count). The number of rotatable bonds is 9. The molecule has 10 heteroatoms. The summed E-state index contributed by atoms with van der Waals surface area (Å²) < 4.78 is 16.3. The van der Waals surface area contributed by atoms with Gasteiger partial charge in [-0.1, -0.05) is 6.07 Å². The molecule has 0 unspecified atom stereocenters. The zero-order valence-corrected chi connectivity index (χ0v) is 20.7. The van der Waals surface area contributed by atoms with E-state index < -0.39 is 0 Å². The van der Waals surface area contributed by atoms with Gasteiger partial charge in [-0.15, -0.1) is 15.3 Å². The van der Waals surface area contributed by atoms with Gasteiger partial charge in [0.25, 0.3) is 0 Å². The van der Waals surface area contributed by atoms with Crippen LogP contribution in [0.4, 0.5) is 28.4 Å². The number of aryl methyl sites for hydroxylation is 1. The van der Waals surface area contributed by atoms with Crippen molar-refractivity contribution in [1.29, 1.82) is 0 Å². The predicted octanol–water partition coefficient (Wildman–Crippen LogP) is 6.66. The number of nitrogen functional groups attached to an aromatic ring is 1. The largest absolute Gasteiger partial charge is 0.505 e. The number of nitrogens with zero attached hydrogens (tertiary/aromatic N) is 4. The van der Waals surface area contributed by atoms with Crippen LogP contribution >= 0.6 is 0 Å². The van der Waals surface area contributed by atoms with Crippen LogP contribution in [0.1, 0.15) is 5.56 Å². The summed E-state index contributed by atoms with van der Waals surface area (Å²) in [4.78, 5) is 0. The van der Waals surface area contributed by atoms with Crippen LogP contribution < -0.4 is 19.9 Å². The van der Waals surface area contributed by atoms with E-state index in [1.165, 1.54) is 14.2 Å². The fraction of sp³-hybridized carbons (Fsp3) is 0.185. The van der Waals surface area contributed by atoms with Gasteiger partial charge in [-0.2, -0.15) is 5.11 Å². The number of anilines is 1. The van der Waals surface area contributed by atoms with E-state index in [0.717, 1.165) is 10.9 Å². The van der Waals surface area contributed by atoms with Gasteiger partial charge in [0.05, 0.1) is 26.5 Å². The van der Waals surface area contributed by atoms with Gasteiger partial charge in [0, 0.05) is 23.2 Å². The zero-order valence-electron chi connectivity index (χ0n) is 20.7. The number of ether oxygens (including phenoxy) is 3. The van der Waals surface area contributed by atoms with E-state index in [0.29, 0.717) is 51.1 Å². The van der Waals surface area contributed by atoms with E-state index >= 15 is 0 Å². The van der Waals surface area contributed by atoms with Gasteiger partial charge in [0.15, 0.2) is 5.75 Å². The van der Waals surface area contributed by atoms with Crippen molar-refractivity contribution >= 4 is 39.2 Å². The fourth-order valence-electron chi connectivity index (χ4n) is 3.62. The number of phenolic OH excluding ortho intramolecular Hbond substituents is 1. The van der Waals surface area contributed by atoms with E-state index in [-0.39, 0.29) is 19.0 Å². The Morgan fingerprint density at radius 1 is 0.757 bits per heavy atom. The summed E-state index contributed by atoms with van der Waals surface area (Å²) in [5.74, 6) is 1.49. The minimum atomic E-state index is -0.0839. The van der Waals surface area contributed by atoms with E-state index in [1.807, 2.05) is 13.0 Å². The Kier molecular flexibility index (Phi) is 7.80. The van der Waals surface area contributed by atoms with Crippen molar-refractivity contribution in [1.82, 2.24) is 0 Å². The number of nitrogens with two attached hydrogens (primary N) is 1. The molecule has 0 bridgehead atoms. The molecule has 0 radical (unpaired) electrons. The van der Waals surface area contributed by atoms with Crippen LogP contribution in [0.5, 0.6) is 23.0 Å². The highest BCUT2D eigenvalue weighted by molar-refractivity contribution is 5.94. The Hall–Kier alpha value is -4.70. The quantitative estimate of drug-likeness (QED) is 0.173. The van der Waals surface area contributed by atoms with Crippen molar-refractivity contribution in [3.8, 4) is 23.0 Å². The first-order chi connectivity index (χ1) is 17.9. The lowest BCUT2D eigenvalue weighted by molar-refractivity contribution is 0.201. The van der Waals surface area contributed by atoms with Gasteiger partial charge in [0.2, 0.25) is 0 Å². The molecule has 0 aliphatic carbocycles. The number of methoxy groups -OCH3 is 2. The second kappa shape index (κ2) is 11.4. The lowest BCUT2D eigenvalue weighted by Gasteiger charge is -2.09. The molecule has 10 nitrogen and oxygen atoms in total. The van der Waals surface area contributed by atoms with Gasteiger partial charge >= 0.3 is 0 Å². The van der Waals surface area contributed by atoms with Crippen molar-refractivity contribution < 1.29 is 24.4 Å². The summed E-state index contributed by atoms with van der Waals surface area (Å²) in [6, 6.07) is 17.4. The fourth-order valence-corrected chi connectivity index (χ4v) is 3.62. The maximum atomic E-state index is 10.6. The maximum absolute atomic E-state index is 10.6. The van der Waals surface area contributed by atoms with Gasteiger partial charge in [-0.3, -0.25) is 0 Å². The first kappa shape index (κ1) is 25.4. The normalized spacial score (nSPS) is 11.5. The highest BCUT2D eigenvalue weighted by Crippen LogP contribution is 2.40. The monoisotopic (exact) mass is 501 g/mol. The van der Waals surface area contributed by atoms with Crippen LogP contribution in [0.15, 0.2) is 81.1 Å². The Balaban J connectivity index is 1.60. The lowest BCUT2D eigenvalue weighted by Crippen LogP contribution is -2.01. The third-order valence-corrected chi connectivity index (χ3v) is 5.53. The summed E-state index contributed by atoms with van der Waals surface area (Å²) in [7, 11) is 3.05. The van der Waals surface area contributed by atoms with E-state index in [9.17, 15) is 5.11 Å².